The van der Waals surface area contributed by atoms with Gasteiger partial charge in [-0.1, -0.05) is 37.3 Å². The van der Waals surface area contributed by atoms with E-state index in [1.165, 1.54) is 6.92 Å². The first-order chi connectivity index (χ1) is 8.90. The van der Waals surface area contributed by atoms with Gasteiger partial charge >= 0.3 is 5.97 Å². The molecule has 2 unspecified atom stereocenters. The minimum absolute atomic E-state index is 0.117. The number of carboxylic acid groups (broad SMARTS) is 1. The van der Waals surface area contributed by atoms with Crippen LogP contribution in [0.5, 0.6) is 0 Å². The van der Waals surface area contributed by atoms with Gasteiger partial charge in [-0.25, -0.2) is 4.79 Å². The molecule has 2 atom stereocenters. The van der Waals surface area contributed by atoms with E-state index in [2.05, 4.69) is 5.32 Å². The number of aliphatic carboxylic acids is 1. The zero-order chi connectivity index (χ0) is 14.5. The van der Waals surface area contributed by atoms with Crippen molar-refractivity contribution in [1.29, 1.82) is 0 Å². The standard InChI is InChI=1S/C14H20N2O3/c1-3-11(15)9-12(17)16-14(2,13(18)19)10-7-5-4-6-8-10/h4-8,11H,3,9,15H2,1-2H3,(H,16,17)(H,18,19). The van der Waals surface area contributed by atoms with Gasteiger partial charge in [0.25, 0.3) is 0 Å². The zero-order valence-corrected chi connectivity index (χ0v) is 11.2. The molecule has 19 heavy (non-hydrogen) atoms. The molecule has 0 aliphatic rings. The number of nitrogens with one attached hydrogen (secondary N) is 1. The lowest BCUT2D eigenvalue weighted by Crippen LogP contribution is -2.50. The van der Waals surface area contributed by atoms with Crippen LogP contribution in [0.3, 0.4) is 0 Å². The second kappa shape index (κ2) is 6.33. The summed E-state index contributed by atoms with van der Waals surface area (Å²) in [4.78, 5) is 23.3. The molecule has 0 aliphatic heterocycles. The molecule has 1 amide bonds. The van der Waals surface area contributed by atoms with Gasteiger partial charge in [0.05, 0.1) is 0 Å². The fourth-order valence-corrected chi connectivity index (χ4v) is 1.73. The van der Waals surface area contributed by atoms with E-state index in [0.717, 1.165) is 0 Å². The number of nitrogens with two attached hydrogens (primary N) is 1. The highest BCUT2D eigenvalue weighted by molar-refractivity contribution is 5.88. The fourth-order valence-electron chi connectivity index (χ4n) is 1.73. The van der Waals surface area contributed by atoms with E-state index in [1.807, 2.05) is 6.92 Å². The van der Waals surface area contributed by atoms with Crippen LogP contribution in [-0.2, 0) is 15.1 Å². The van der Waals surface area contributed by atoms with Crippen LogP contribution >= 0.6 is 0 Å². The molecule has 1 aromatic carbocycles. The maximum Gasteiger partial charge on any atom is 0.333 e. The molecule has 0 saturated heterocycles. The van der Waals surface area contributed by atoms with Crippen molar-refractivity contribution < 1.29 is 14.7 Å². The Hall–Kier alpha value is -1.88. The van der Waals surface area contributed by atoms with Gasteiger partial charge in [0, 0.05) is 12.5 Å². The Labute approximate surface area is 112 Å². The Bertz CT molecular complexity index is 447. The maximum atomic E-state index is 11.9. The number of hydrogen-bond donors (Lipinski definition) is 3. The lowest BCUT2D eigenvalue weighted by molar-refractivity contribution is -0.147. The van der Waals surface area contributed by atoms with Gasteiger partial charge in [-0.05, 0) is 18.9 Å². The van der Waals surface area contributed by atoms with Crippen LogP contribution in [0.1, 0.15) is 32.3 Å². The van der Waals surface area contributed by atoms with Gasteiger partial charge in [-0.3, -0.25) is 4.79 Å². The Morgan fingerprint density at radius 3 is 2.42 bits per heavy atom. The summed E-state index contributed by atoms with van der Waals surface area (Å²) in [5.41, 5.74) is 4.79. The zero-order valence-electron chi connectivity index (χ0n) is 11.2. The molecule has 5 nitrogen and oxygen atoms in total. The number of carboxylic acids is 1. The molecule has 0 heterocycles. The third kappa shape index (κ3) is 3.79. The topological polar surface area (TPSA) is 92.4 Å². The van der Waals surface area contributed by atoms with Gasteiger partial charge in [-0.2, -0.15) is 0 Å². The maximum absolute atomic E-state index is 11.9. The fraction of sp³-hybridized carbons (Fsp3) is 0.429. The number of rotatable bonds is 6. The summed E-state index contributed by atoms with van der Waals surface area (Å²) in [6, 6.07) is 8.36. The molecule has 5 heteroatoms. The van der Waals surface area contributed by atoms with E-state index < -0.39 is 11.5 Å². The highest BCUT2D eigenvalue weighted by Gasteiger charge is 2.36. The van der Waals surface area contributed by atoms with Crippen LogP contribution in [0, 0.1) is 0 Å². The Morgan fingerprint density at radius 1 is 1.37 bits per heavy atom. The molecule has 0 fully saturated rings. The summed E-state index contributed by atoms with van der Waals surface area (Å²) < 4.78 is 0. The lowest BCUT2D eigenvalue weighted by atomic mass is 9.91. The highest BCUT2D eigenvalue weighted by Crippen LogP contribution is 2.21. The summed E-state index contributed by atoms with van der Waals surface area (Å²) in [7, 11) is 0. The normalized spacial score (nSPS) is 15.3. The van der Waals surface area contributed by atoms with Crippen LogP contribution in [0.4, 0.5) is 0 Å². The van der Waals surface area contributed by atoms with Crippen molar-refractivity contribution in [2.24, 2.45) is 5.73 Å². The van der Waals surface area contributed by atoms with Crippen molar-refractivity contribution in [2.45, 2.75) is 38.3 Å². The molecule has 104 valence electrons. The third-order valence-electron chi connectivity index (χ3n) is 3.14. The highest BCUT2D eigenvalue weighted by atomic mass is 16.4. The molecular weight excluding hydrogens is 244 g/mol. The first-order valence-electron chi connectivity index (χ1n) is 6.25. The van der Waals surface area contributed by atoms with E-state index >= 15 is 0 Å². The molecule has 0 aliphatic carbocycles. The van der Waals surface area contributed by atoms with E-state index in [1.54, 1.807) is 30.3 Å². The van der Waals surface area contributed by atoms with Crippen molar-refractivity contribution >= 4 is 11.9 Å². The smallest absolute Gasteiger partial charge is 0.333 e. The average molecular weight is 264 g/mol. The molecular formula is C14H20N2O3. The molecule has 0 aromatic heterocycles. The van der Waals surface area contributed by atoms with Gasteiger partial charge in [0.15, 0.2) is 5.54 Å². The summed E-state index contributed by atoms with van der Waals surface area (Å²) in [5, 5.41) is 11.9. The molecule has 0 spiro atoms. The Morgan fingerprint density at radius 2 is 1.95 bits per heavy atom. The van der Waals surface area contributed by atoms with Crippen LogP contribution in [0.15, 0.2) is 30.3 Å². The number of carbonyl (C=O) groups is 2. The number of carbonyl (C=O) groups excluding carboxylic acids is 1. The second-order valence-corrected chi connectivity index (χ2v) is 4.72. The molecule has 0 radical (unpaired) electrons. The van der Waals surface area contributed by atoms with Crippen molar-refractivity contribution in [2.75, 3.05) is 0 Å². The van der Waals surface area contributed by atoms with Crippen molar-refractivity contribution in [3.8, 4) is 0 Å². The van der Waals surface area contributed by atoms with Gasteiger partial charge in [0.2, 0.25) is 5.91 Å². The van der Waals surface area contributed by atoms with Crippen molar-refractivity contribution in [3.05, 3.63) is 35.9 Å². The van der Waals surface area contributed by atoms with E-state index in [9.17, 15) is 14.7 Å². The van der Waals surface area contributed by atoms with Gasteiger partial charge in [-0.15, -0.1) is 0 Å². The van der Waals surface area contributed by atoms with Crippen LogP contribution in [0.25, 0.3) is 0 Å². The van der Waals surface area contributed by atoms with Gasteiger partial charge < -0.3 is 16.2 Å². The van der Waals surface area contributed by atoms with E-state index in [4.69, 9.17) is 5.73 Å². The predicted molar refractivity (Wildman–Crippen MR) is 72.5 cm³/mol. The second-order valence-electron chi connectivity index (χ2n) is 4.72. The monoisotopic (exact) mass is 264 g/mol. The number of amides is 1. The number of benzene rings is 1. The molecule has 1 rings (SSSR count). The minimum atomic E-state index is -1.44. The van der Waals surface area contributed by atoms with Crippen molar-refractivity contribution in [1.82, 2.24) is 5.32 Å². The molecule has 0 bridgehead atoms. The minimum Gasteiger partial charge on any atom is -0.479 e. The third-order valence-corrected chi connectivity index (χ3v) is 3.14. The largest absolute Gasteiger partial charge is 0.479 e. The van der Waals surface area contributed by atoms with E-state index in [-0.39, 0.29) is 18.4 Å². The number of hydrogen-bond acceptors (Lipinski definition) is 3. The first-order valence-corrected chi connectivity index (χ1v) is 6.25. The first kappa shape index (κ1) is 15.2. The van der Waals surface area contributed by atoms with Crippen LogP contribution in [0.2, 0.25) is 0 Å². The predicted octanol–water partition coefficient (Wildman–Crippen LogP) is 1.23. The SMILES string of the molecule is CCC(N)CC(=O)NC(C)(C(=O)O)c1ccccc1. The van der Waals surface area contributed by atoms with Crippen molar-refractivity contribution in [3.63, 3.8) is 0 Å². The summed E-state index contributed by atoms with van der Waals surface area (Å²) >= 11 is 0. The molecule has 1 aromatic rings. The summed E-state index contributed by atoms with van der Waals surface area (Å²) in [6.45, 7) is 3.35. The molecule has 4 N–H and O–H groups in total. The van der Waals surface area contributed by atoms with Crippen LogP contribution in [-0.4, -0.2) is 23.0 Å². The summed E-state index contributed by atoms with van der Waals surface area (Å²) in [6.07, 6.45) is 0.786. The average Bonchev–Trinajstić information content (AvgIpc) is 2.39. The Balaban J connectivity index is 2.90. The Kier molecular flexibility index (Phi) is 5.06. The summed E-state index contributed by atoms with van der Waals surface area (Å²) in [5.74, 6) is -1.46. The van der Waals surface area contributed by atoms with Crippen LogP contribution < -0.4 is 11.1 Å². The van der Waals surface area contributed by atoms with Gasteiger partial charge in [0.1, 0.15) is 0 Å². The molecule has 0 saturated carbocycles. The van der Waals surface area contributed by atoms with E-state index in [0.29, 0.717) is 12.0 Å². The lowest BCUT2D eigenvalue weighted by Gasteiger charge is -2.27. The quantitative estimate of drug-likeness (QED) is 0.720.